The Morgan fingerprint density at radius 3 is 2.33 bits per heavy atom. The molecule has 3 rings (SSSR count). The molecule has 0 unspecified atom stereocenters. The molecule has 152 valence electrons. The number of rotatable bonds is 7. The van der Waals surface area contributed by atoms with Gasteiger partial charge in [0.05, 0.1) is 0 Å². The Morgan fingerprint density at radius 1 is 1.00 bits per heavy atom. The van der Waals surface area contributed by atoms with Crippen molar-refractivity contribution in [1.82, 2.24) is 15.6 Å². The van der Waals surface area contributed by atoms with Crippen LogP contribution >= 0.6 is 11.3 Å². The largest absolute Gasteiger partial charge is 0.477 e. The number of hydrogen-bond acceptors (Lipinski definition) is 5. The van der Waals surface area contributed by atoms with E-state index in [-0.39, 0.29) is 16.5 Å². The second kappa shape index (κ2) is 9.99. The normalized spacial score (nSPS) is 10.9. The van der Waals surface area contributed by atoms with E-state index in [9.17, 15) is 19.5 Å². The summed E-state index contributed by atoms with van der Waals surface area (Å²) in [6.07, 6.45) is 1.35. The monoisotopic (exact) mass is 422 g/mol. The minimum Gasteiger partial charge on any atom is -0.477 e. The standard InChI is InChI=1S/C21H18N4O4S/c26-18(23-16(19(27)28)11-14-7-3-1-4-8-14)17-13-30-21(24-17)25-20(29)22-12-15-9-5-2-6-10-15/h1-11,13H,12H2,(H,23,26)(H,27,28)(H2,22,24,25,29). The second-order valence-corrected chi connectivity index (χ2v) is 6.92. The maximum Gasteiger partial charge on any atom is 0.352 e. The number of nitrogens with one attached hydrogen (secondary N) is 3. The van der Waals surface area contributed by atoms with Gasteiger partial charge in [0, 0.05) is 11.9 Å². The molecular formula is C21H18N4O4S. The van der Waals surface area contributed by atoms with Gasteiger partial charge in [-0.1, -0.05) is 60.7 Å². The first-order valence-corrected chi connectivity index (χ1v) is 9.75. The van der Waals surface area contributed by atoms with Crippen LogP contribution in [-0.2, 0) is 11.3 Å². The first-order chi connectivity index (χ1) is 14.5. The lowest BCUT2D eigenvalue weighted by Gasteiger charge is -2.05. The topological polar surface area (TPSA) is 120 Å². The molecule has 1 aromatic heterocycles. The van der Waals surface area contributed by atoms with E-state index in [4.69, 9.17) is 0 Å². The zero-order valence-electron chi connectivity index (χ0n) is 15.7. The number of carboxylic acids is 1. The average molecular weight is 422 g/mol. The summed E-state index contributed by atoms with van der Waals surface area (Å²) in [5, 5.41) is 18.6. The van der Waals surface area contributed by atoms with Crippen molar-refractivity contribution in [2.24, 2.45) is 0 Å². The summed E-state index contributed by atoms with van der Waals surface area (Å²) >= 11 is 1.06. The predicted octanol–water partition coefficient (Wildman–Crippen LogP) is 3.32. The summed E-state index contributed by atoms with van der Waals surface area (Å²) in [6, 6.07) is 17.7. The smallest absolute Gasteiger partial charge is 0.352 e. The Hall–Kier alpha value is -3.98. The van der Waals surface area contributed by atoms with Crippen LogP contribution in [0.3, 0.4) is 0 Å². The van der Waals surface area contributed by atoms with Crippen LogP contribution in [0.15, 0.2) is 71.7 Å². The Bertz CT molecular complexity index is 1060. The summed E-state index contributed by atoms with van der Waals surface area (Å²) in [4.78, 5) is 39.8. The number of aliphatic carboxylic acids is 1. The van der Waals surface area contributed by atoms with Gasteiger partial charge in [-0.15, -0.1) is 11.3 Å². The van der Waals surface area contributed by atoms with Crippen molar-refractivity contribution < 1.29 is 19.5 Å². The Morgan fingerprint density at radius 2 is 1.67 bits per heavy atom. The molecule has 30 heavy (non-hydrogen) atoms. The van der Waals surface area contributed by atoms with Gasteiger partial charge in [0.2, 0.25) is 0 Å². The molecule has 4 N–H and O–H groups in total. The molecular weight excluding hydrogens is 404 g/mol. The van der Waals surface area contributed by atoms with Crippen LogP contribution in [0.2, 0.25) is 0 Å². The summed E-state index contributed by atoms with van der Waals surface area (Å²) in [5.41, 5.74) is 1.29. The predicted molar refractivity (Wildman–Crippen MR) is 114 cm³/mol. The van der Waals surface area contributed by atoms with Gasteiger partial charge in [-0.25, -0.2) is 14.6 Å². The molecule has 9 heteroatoms. The summed E-state index contributed by atoms with van der Waals surface area (Å²) in [5.74, 6) is -1.96. The van der Waals surface area contributed by atoms with Crippen LogP contribution in [-0.4, -0.2) is 28.0 Å². The number of nitrogens with zero attached hydrogens (tertiary/aromatic N) is 1. The van der Waals surface area contributed by atoms with Crippen molar-refractivity contribution in [1.29, 1.82) is 0 Å². The van der Waals surface area contributed by atoms with E-state index in [1.807, 2.05) is 30.3 Å². The molecule has 0 aliphatic heterocycles. The molecule has 3 aromatic rings. The molecule has 2 aromatic carbocycles. The van der Waals surface area contributed by atoms with Crippen molar-refractivity contribution >= 4 is 40.5 Å². The van der Waals surface area contributed by atoms with Gasteiger partial charge < -0.3 is 15.7 Å². The number of urea groups is 1. The van der Waals surface area contributed by atoms with Gasteiger partial charge in [-0.3, -0.25) is 10.1 Å². The number of aromatic nitrogens is 1. The molecule has 8 nitrogen and oxygen atoms in total. The van der Waals surface area contributed by atoms with Gasteiger partial charge in [-0.05, 0) is 17.2 Å². The lowest BCUT2D eigenvalue weighted by atomic mass is 10.2. The van der Waals surface area contributed by atoms with Crippen LogP contribution in [0.25, 0.3) is 6.08 Å². The van der Waals surface area contributed by atoms with Crippen LogP contribution in [0.4, 0.5) is 9.93 Å². The summed E-state index contributed by atoms with van der Waals surface area (Å²) in [6.45, 7) is 0.345. The highest BCUT2D eigenvalue weighted by molar-refractivity contribution is 7.14. The van der Waals surface area contributed by atoms with E-state index in [0.717, 1.165) is 16.9 Å². The van der Waals surface area contributed by atoms with Crippen molar-refractivity contribution in [3.05, 3.63) is 88.6 Å². The van der Waals surface area contributed by atoms with Gasteiger partial charge in [0.15, 0.2) is 5.13 Å². The number of thiazole rings is 1. The maximum absolute atomic E-state index is 12.4. The van der Waals surface area contributed by atoms with E-state index in [1.54, 1.807) is 30.3 Å². The first-order valence-electron chi connectivity index (χ1n) is 8.87. The third kappa shape index (κ3) is 6.01. The second-order valence-electron chi connectivity index (χ2n) is 6.06. The third-order valence-electron chi connectivity index (χ3n) is 3.84. The Balaban J connectivity index is 1.59. The molecule has 0 aliphatic carbocycles. The van der Waals surface area contributed by atoms with E-state index in [1.165, 1.54) is 11.5 Å². The van der Waals surface area contributed by atoms with Crippen LogP contribution in [0, 0.1) is 0 Å². The van der Waals surface area contributed by atoms with E-state index in [0.29, 0.717) is 12.1 Å². The molecule has 0 spiro atoms. The number of benzene rings is 2. The number of carbonyl (C=O) groups excluding carboxylic acids is 2. The zero-order valence-corrected chi connectivity index (χ0v) is 16.5. The van der Waals surface area contributed by atoms with Gasteiger partial charge >= 0.3 is 12.0 Å². The minimum absolute atomic E-state index is 0.00132. The van der Waals surface area contributed by atoms with Crippen molar-refractivity contribution in [2.45, 2.75) is 6.54 Å². The maximum atomic E-state index is 12.4. The zero-order chi connectivity index (χ0) is 21.3. The molecule has 0 bridgehead atoms. The SMILES string of the molecule is O=C(NCc1ccccc1)Nc1nc(C(=O)NC(=Cc2ccccc2)C(=O)O)cs1. The molecule has 0 fully saturated rings. The van der Waals surface area contributed by atoms with Crippen molar-refractivity contribution in [3.8, 4) is 0 Å². The van der Waals surface area contributed by atoms with E-state index in [2.05, 4.69) is 20.9 Å². The number of carbonyl (C=O) groups is 3. The number of carboxylic acid groups (broad SMARTS) is 1. The van der Waals surface area contributed by atoms with E-state index < -0.39 is 17.9 Å². The summed E-state index contributed by atoms with van der Waals surface area (Å²) < 4.78 is 0. The molecule has 0 saturated heterocycles. The molecule has 0 aliphatic rings. The van der Waals surface area contributed by atoms with Crippen LogP contribution in [0.1, 0.15) is 21.6 Å². The number of anilines is 1. The average Bonchev–Trinajstić information content (AvgIpc) is 3.22. The highest BCUT2D eigenvalue weighted by Gasteiger charge is 2.17. The first kappa shape index (κ1) is 20.7. The lowest BCUT2D eigenvalue weighted by molar-refractivity contribution is -0.132. The van der Waals surface area contributed by atoms with Gasteiger partial charge in [-0.2, -0.15) is 0 Å². The fourth-order valence-corrected chi connectivity index (χ4v) is 3.09. The van der Waals surface area contributed by atoms with Crippen molar-refractivity contribution in [3.63, 3.8) is 0 Å². The fraction of sp³-hybridized carbons (Fsp3) is 0.0476. The lowest BCUT2D eigenvalue weighted by Crippen LogP contribution is -2.29. The van der Waals surface area contributed by atoms with Crippen molar-refractivity contribution in [2.75, 3.05) is 5.32 Å². The van der Waals surface area contributed by atoms with Crippen LogP contribution < -0.4 is 16.0 Å². The van der Waals surface area contributed by atoms with Crippen LogP contribution in [0.5, 0.6) is 0 Å². The Labute approximate surface area is 176 Å². The van der Waals surface area contributed by atoms with E-state index >= 15 is 0 Å². The third-order valence-corrected chi connectivity index (χ3v) is 4.60. The Kier molecular flexibility index (Phi) is 6.91. The van der Waals surface area contributed by atoms with Gasteiger partial charge in [0.1, 0.15) is 11.4 Å². The quantitative estimate of drug-likeness (QED) is 0.435. The molecule has 0 saturated carbocycles. The fourth-order valence-electron chi connectivity index (χ4n) is 2.41. The molecule has 0 radical (unpaired) electrons. The summed E-state index contributed by atoms with van der Waals surface area (Å²) in [7, 11) is 0. The molecule has 0 atom stereocenters. The molecule has 1 heterocycles. The highest BCUT2D eigenvalue weighted by Crippen LogP contribution is 2.16. The van der Waals surface area contributed by atoms with Gasteiger partial charge in [0.25, 0.3) is 5.91 Å². The molecule has 3 amide bonds. The highest BCUT2D eigenvalue weighted by atomic mass is 32.1. The minimum atomic E-state index is -1.28. The number of hydrogen-bond donors (Lipinski definition) is 4. The number of amides is 3.